The van der Waals surface area contributed by atoms with Crippen LogP contribution in [0.25, 0.3) is 0 Å². The average Bonchev–Trinajstić information content (AvgIpc) is 2.58. The second-order valence-corrected chi connectivity index (χ2v) is 3.43. The Bertz CT molecular complexity index is 448. The first-order valence-electron chi connectivity index (χ1n) is 4.61. The largest absolute Gasteiger partial charge is 0.476 e. The van der Waals surface area contributed by atoms with Crippen molar-refractivity contribution in [2.24, 2.45) is 0 Å². The van der Waals surface area contributed by atoms with Crippen LogP contribution in [0.1, 0.15) is 16.9 Å². The standard InChI is InChI=1S/C9H9N3O4/c13-5-1-8(14)12(4-5)7-3-10-2-6(11-7)9(15)16/h2-3,5,13H,1,4H2,(H,15,16). The Labute approximate surface area is 90.4 Å². The van der Waals surface area contributed by atoms with E-state index >= 15 is 0 Å². The van der Waals surface area contributed by atoms with Crippen molar-refractivity contribution in [3.63, 3.8) is 0 Å². The first-order valence-corrected chi connectivity index (χ1v) is 4.61. The molecule has 0 spiro atoms. The summed E-state index contributed by atoms with van der Waals surface area (Å²) in [5, 5.41) is 18.0. The van der Waals surface area contributed by atoms with Crippen LogP contribution in [0, 0.1) is 0 Å². The summed E-state index contributed by atoms with van der Waals surface area (Å²) in [4.78, 5) is 30.8. The number of nitrogens with zero attached hydrogens (tertiary/aromatic N) is 3. The van der Waals surface area contributed by atoms with E-state index in [1.165, 1.54) is 11.1 Å². The molecule has 16 heavy (non-hydrogen) atoms. The summed E-state index contributed by atoms with van der Waals surface area (Å²) in [7, 11) is 0. The van der Waals surface area contributed by atoms with Crippen LogP contribution in [0.5, 0.6) is 0 Å². The lowest BCUT2D eigenvalue weighted by Crippen LogP contribution is -2.27. The number of rotatable bonds is 2. The Morgan fingerprint density at radius 3 is 2.81 bits per heavy atom. The Kier molecular flexibility index (Phi) is 2.53. The quantitative estimate of drug-likeness (QED) is 0.685. The predicted octanol–water partition coefficient (Wildman–Crippen LogP) is -0.728. The van der Waals surface area contributed by atoms with Gasteiger partial charge >= 0.3 is 5.97 Å². The van der Waals surface area contributed by atoms with Crippen LogP contribution in [0.3, 0.4) is 0 Å². The average molecular weight is 223 g/mol. The second-order valence-electron chi connectivity index (χ2n) is 3.43. The third-order valence-corrected chi connectivity index (χ3v) is 2.22. The summed E-state index contributed by atoms with van der Waals surface area (Å²) < 4.78 is 0. The SMILES string of the molecule is O=C(O)c1cncc(N2CC(O)CC2=O)n1. The van der Waals surface area contributed by atoms with Gasteiger partial charge in [-0.2, -0.15) is 0 Å². The number of aliphatic hydroxyl groups is 1. The van der Waals surface area contributed by atoms with E-state index in [0.717, 1.165) is 6.20 Å². The Morgan fingerprint density at radius 2 is 2.25 bits per heavy atom. The van der Waals surface area contributed by atoms with Crippen molar-refractivity contribution in [3.05, 3.63) is 18.1 Å². The van der Waals surface area contributed by atoms with Gasteiger partial charge in [-0.25, -0.2) is 9.78 Å². The van der Waals surface area contributed by atoms with Crippen LogP contribution in [0.15, 0.2) is 12.4 Å². The lowest BCUT2D eigenvalue weighted by atomic mass is 10.3. The van der Waals surface area contributed by atoms with Crippen LogP contribution in [0.2, 0.25) is 0 Å². The number of β-amino-alcohol motifs (C(OH)–C–C–N with tert-alkyl or cyclic N) is 1. The lowest BCUT2D eigenvalue weighted by molar-refractivity contribution is -0.117. The molecule has 0 radical (unpaired) electrons. The van der Waals surface area contributed by atoms with Gasteiger partial charge in [-0.1, -0.05) is 0 Å². The smallest absolute Gasteiger partial charge is 0.356 e. The first-order chi connectivity index (χ1) is 7.58. The van der Waals surface area contributed by atoms with E-state index in [1.807, 2.05) is 0 Å². The molecule has 1 unspecified atom stereocenters. The molecular formula is C9H9N3O4. The molecule has 2 N–H and O–H groups in total. The van der Waals surface area contributed by atoms with Crippen molar-refractivity contribution in [1.82, 2.24) is 9.97 Å². The molecular weight excluding hydrogens is 214 g/mol. The number of amides is 1. The number of aromatic carboxylic acids is 1. The Hall–Kier alpha value is -2.02. The molecule has 1 aliphatic heterocycles. The minimum absolute atomic E-state index is 0.0268. The molecule has 7 heteroatoms. The highest BCUT2D eigenvalue weighted by molar-refractivity contribution is 5.95. The molecule has 1 fully saturated rings. The van der Waals surface area contributed by atoms with E-state index in [4.69, 9.17) is 5.11 Å². The Balaban J connectivity index is 2.30. The predicted molar refractivity (Wildman–Crippen MR) is 52.0 cm³/mol. The zero-order chi connectivity index (χ0) is 11.7. The molecule has 7 nitrogen and oxygen atoms in total. The van der Waals surface area contributed by atoms with Gasteiger partial charge < -0.3 is 10.2 Å². The van der Waals surface area contributed by atoms with Gasteiger partial charge in [0.15, 0.2) is 11.5 Å². The fraction of sp³-hybridized carbons (Fsp3) is 0.333. The van der Waals surface area contributed by atoms with E-state index in [0.29, 0.717) is 0 Å². The fourth-order valence-corrected chi connectivity index (χ4v) is 1.50. The van der Waals surface area contributed by atoms with Gasteiger partial charge in [0.1, 0.15) is 0 Å². The summed E-state index contributed by atoms with van der Waals surface area (Å²) in [6, 6.07) is 0. The third kappa shape index (κ3) is 1.84. The van der Waals surface area contributed by atoms with Crippen molar-refractivity contribution in [2.45, 2.75) is 12.5 Å². The van der Waals surface area contributed by atoms with Crippen LogP contribution in [0.4, 0.5) is 5.82 Å². The van der Waals surface area contributed by atoms with Crippen molar-refractivity contribution >= 4 is 17.7 Å². The number of aliphatic hydroxyl groups excluding tert-OH is 1. The molecule has 1 saturated heterocycles. The van der Waals surface area contributed by atoms with Crippen molar-refractivity contribution in [2.75, 3.05) is 11.4 Å². The summed E-state index contributed by atoms with van der Waals surface area (Å²) in [6.07, 6.45) is 1.69. The van der Waals surface area contributed by atoms with Crippen molar-refractivity contribution in [1.29, 1.82) is 0 Å². The normalized spacial score (nSPS) is 20.2. The molecule has 1 aliphatic rings. The first kappa shape index (κ1) is 10.5. The number of carboxylic acid groups (broad SMARTS) is 1. The van der Waals surface area contributed by atoms with Gasteiger partial charge in [-0.3, -0.25) is 14.7 Å². The summed E-state index contributed by atoms with van der Waals surface area (Å²) in [5.74, 6) is -1.34. The molecule has 0 bridgehead atoms. The number of anilines is 1. The minimum Gasteiger partial charge on any atom is -0.476 e. The minimum atomic E-state index is -1.21. The molecule has 2 rings (SSSR count). The summed E-state index contributed by atoms with van der Waals surface area (Å²) in [6.45, 7) is 0.122. The molecule has 1 atom stereocenters. The number of hydrogen-bond donors (Lipinski definition) is 2. The van der Waals surface area contributed by atoms with Crippen LogP contribution >= 0.6 is 0 Å². The van der Waals surface area contributed by atoms with E-state index in [-0.39, 0.29) is 30.4 Å². The molecule has 1 amide bonds. The number of aromatic nitrogens is 2. The molecule has 1 aromatic rings. The molecule has 2 heterocycles. The van der Waals surface area contributed by atoms with Gasteiger partial charge in [0.25, 0.3) is 0 Å². The topological polar surface area (TPSA) is 104 Å². The van der Waals surface area contributed by atoms with Crippen LogP contribution in [-0.4, -0.2) is 44.7 Å². The maximum absolute atomic E-state index is 11.4. The van der Waals surface area contributed by atoms with E-state index in [9.17, 15) is 14.7 Å². The highest BCUT2D eigenvalue weighted by Crippen LogP contribution is 2.18. The maximum Gasteiger partial charge on any atom is 0.356 e. The number of carbonyl (C=O) groups excluding carboxylic acids is 1. The summed E-state index contributed by atoms with van der Waals surface area (Å²) in [5.41, 5.74) is -0.230. The number of carbonyl (C=O) groups is 2. The van der Waals surface area contributed by atoms with E-state index in [1.54, 1.807) is 0 Å². The fourth-order valence-electron chi connectivity index (χ4n) is 1.50. The molecule has 84 valence electrons. The zero-order valence-corrected chi connectivity index (χ0v) is 8.20. The molecule has 0 aliphatic carbocycles. The van der Waals surface area contributed by atoms with Gasteiger partial charge in [-0.05, 0) is 0 Å². The maximum atomic E-state index is 11.4. The zero-order valence-electron chi connectivity index (χ0n) is 8.20. The van der Waals surface area contributed by atoms with Crippen LogP contribution in [-0.2, 0) is 4.79 Å². The Morgan fingerprint density at radius 1 is 1.50 bits per heavy atom. The lowest BCUT2D eigenvalue weighted by Gasteiger charge is -2.13. The molecule has 1 aromatic heterocycles. The third-order valence-electron chi connectivity index (χ3n) is 2.22. The van der Waals surface area contributed by atoms with Crippen molar-refractivity contribution < 1.29 is 19.8 Å². The highest BCUT2D eigenvalue weighted by Gasteiger charge is 2.30. The van der Waals surface area contributed by atoms with Gasteiger partial charge in [0, 0.05) is 0 Å². The van der Waals surface area contributed by atoms with Crippen LogP contribution < -0.4 is 4.90 Å². The van der Waals surface area contributed by atoms with Crippen molar-refractivity contribution in [3.8, 4) is 0 Å². The second kappa shape index (κ2) is 3.86. The molecule has 0 saturated carbocycles. The van der Waals surface area contributed by atoms with Gasteiger partial charge in [0.05, 0.1) is 31.5 Å². The van der Waals surface area contributed by atoms with E-state index < -0.39 is 12.1 Å². The number of carboxylic acids is 1. The summed E-state index contributed by atoms with van der Waals surface area (Å²) >= 11 is 0. The number of hydrogen-bond acceptors (Lipinski definition) is 5. The highest BCUT2D eigenvalue weighted by atomic mass is 16.4. The van der Waals surface area contributed by atoms with Gasteiger partial charge in [-0.15, -0.1) is 0 Å². The van der Waals surface area contributed by atoms with Gasteiger partial charge in [0.2, 0.25) is 5.91 Å². The molecule has 0 aromatic carbocycles. The van der Waals surface area contributed by atoms with E-state index in [2.05, 4.69) is 9.97 Å². The monoisotopic (exact) mass is 223 g/mol.